The first-order valence-corrected chi connectivity index (χ1v) is 8.91. The smallest absolute Gasteiger partial charge is 0.272 e. The van der Waals surface area contributed by atoms with Gasteiger partial charge >= 0.3 is 0 Å². The Morgan fingerprint density at radius 3 is 2.72 bits per heavy atom. The number of nitrogens with one attached hydrogen (secondary N) is 2. The van der Waals surface area contributed by atoms with Crippen LogP contribution < -0.4 is 10.2 Å². The molecular weight excluding hydrogens is 334 g/mol. The van der Waals surface area contributed by atoms with E-state index in [-0.39, 0.29) is 5.91 Å². The van der Waals surface area contributed by atoms with Crippen LogP contribution >= 0.6 is 11.6 Å². The summed E-state index contributed by atoms with van der Waals surface area (Å²) < 4.78 is 0. The molecule has 0 saturated carbocycles. The molecule has 1 fully saturated rings. The minimum atomic E-state index is -0.158. The number of aromatic amines is 1. The summed E-state index contributed by atoms with van der Waals surface area (Å²) in [5, 5.41) is 4.52. The third-order valence-corrected chi connectivity index (χ3v) is 4.98. The lowest BCUT2D eigenvalue weighted by Gasteiger charge is -2.18. The van der Waals surface area contributed by atoms with Crippen molar-refractivity contribution < 1.29 is 4.79 Å². The van der Waals surface area contributed by atoms with Crippen LogP contribution in [0, 0.1) is 5.92 Å². The molecule has 0 bridgehead atoms. The predicted molar refractivity (Wildman–Crippen MR) is 104 cm³/mol. The molecule has 2 aromatic carbocycles. The molecule has 1 unspecified atom stereocenters. The lowest BCUT2D eigenvalue weighted by atomic mass is 10.2. The molecule has 1 aliphatic rings. The molecule has 3 aromatic rings. The number of hydrogen-bond donors (Lipinski definition) is 2. The first-order chi connectivity index (χ1) is 12.1. The number of hydrogen-bond acceptors (Lipinski definition) is 2. The quantitative estimate of drug-likeness (QED) is 0.702. The predicted octanol–water partition coefficient (Wildman–Crippen LogP) is 4.92. The Labute approximate surface area is 151 Å². The molecule has 128 valence electrons. The van der Waals surface area contributed by atoms with Crippen LogP contribution in [-0.2, 0) is 0 Å². The van der Waals surface area contributed by atoms with E-state index in [2.05, 4.69) is 34.3 Å². The van der Waals surface area contributed by atoms with Gasteiger partial charge in [-0.1, -0.05) is 18.5 Å². The van der Waals surface area contributed by atoms with Gasteiger partial charge in [0.1, 0.15) is 5.69 Å². The Morgan fingerprint density at radius 2 is 2.00 bits per heavy atom. The van der Waals surface area contributed by atoms with Crippen LogP contribution in [-0.4, -0.2) is 24.0 Å². The van der Waals surface area contributed by atoms with Crippen molar-refractivity contribution >= 4 is 39.8 Å². The molecular formula is C20H20ClN3O. The van der Waals surface area contributed by atoms with Crippen LogP contribution in [0.25, 0.3) is 10.9 Å². The highest BCUT2D eigenvalue weighted by Gasteiger charge is 2.18. The summed E-state index contributed by atoms with van der Waals surface area (Å²) in [6.45, 7) is 4.48. The Balaban J connectivity index is 1.48. The molecule has 5 heteroatoms. The van der Waals surface area contributed by atoms with Crippen LogP contribution in [0.1, 0.15) is 23.8 Å². The molecule has 0 spiro atoms. The molecule has 1 aliphatic heterocycles. The molecule has 2 heterocycles. The fraction of sp³-hybridized carbons (Fsp3) is 0.250. The lowest BCUT2D eigenvalue weighted by molar-refractivity contribution is 0.102. The van der Waals surface area contributed by atoms with Crippen molar-refractivity contribution in [2.45, 2.75) is 13.3 Å². The van der Waals surface area contributed by atoms with Crippen molar-refractivity contribution in [2.24, 2.45) is 5.92 Å². The molecule has 1 atom stereocenters. The van der Waals surface area contributed by atoms with E-state index in [1.54, 1.807) is 6.07 Å². The average molecular weight is 354 g/mol. The number of H-pyrrole nitrogens is 1. The third kappa shape index (κ3) is 3.35. The maximum absolute atomic E-state index is 12.5. The minimum Gasteiger partial charge on any atom is -0.371 e. The summed E-state index contributed by atoms with van der Waals surface area (Å²) in [5.41, 5.74) is 3.42. The van der Waals surface area contributed by atoms with Crippen molar-refractivity contribution in [1.29, 1.82) is 0 Å². The molecule has 1 amide bonds. The number of amides is 1. The second-order valence-electron chi connectivity index (χ2n) is 6.76. The monoisotopic (exact) mass is 353 g/mol. The molecule has 2 N–H and O–H groups in total. The Bertz CT molecular complexity index is 916. The van der Waals surface area contributed by atoms with E-state index < -0.39 is 0 Å². The molecule has 25 heavy (non-hydrogen) atoms. The number of nitrogens with zero attached hydrogens (tertiary/aromatic N) is 1. The summed E-state index contributed by atoms with van der Waals surface area (Å²) in [6, 6.07) is 15.4. The molecule has 1 aromatic heterocycles. The number of carbonyl (C=O) groups is 1. The first kappa shape index (κ1) is 16.0. The van der Waals surface area contributed by atoms with Crippen molar-refractivity contribution in [3.05, 3.63) is 59.2 Å². The molecule has 4 nitrogen and oxygen atoms in total. The van der Waals surface area contributed by atoms with Gasteiger partial charge in [-0.3, -0.25) is 4.79 Å². The van der Waals surface area contributed by atoms with Gasteiger partial charge in [0.2, 0.25) is 0 Å². The zero-order valence-corrected chi connectivity index (χ0v) is 14.8. The molecule has 4 rings (SSSR count). The fourth-order valence-corrected chi connectivity index (χ4v) is 3.53. The summed E-state index contributed by atoms with van der Waals surface area (Å²) in [7, 11) is 0. The van der Waals surface area contributed by atoms with Crippen LogP contribution in [0.2, 0.25) is 5.02 Å². The number of aromatic nitrogens is 1. The fourth-order valence-electron chi connectivity index (χ4n) is 3.35. The summed E-state index contributed by atoms with van der Waals surface area (Å²) in [5.74, 6) is 0.588. The number of halogens is 1. The second kappa shape index (κ2) is 6.45. The van der Waals surface area contributed by atoms with Crippen molar-refractivity contribution in [2.75, 3.05) is 23.3 Å². The Hall–Kier alpha value is -2.46. The van der Waals surface area contributed by atoms with Crippen LogP contribution in [0.4, 0.5) is 11.4 Å². The van der Waals surface area contributed by atoms with Gasteiger partial charge < -0.3 is 15.2 Å². The first-order valence-electron chi connectivity index (χ1n) is 8.53. The van der Waals surface area contributed by atoms with Gasteiger partial charge in [-0.25, -0.2) is 0 Å². The van der Waals surface area contributed by atoms with Gasteiger partial charge in [0.25, 0.3) is 5.91 Å². The number of rotatable bonds is 3. The van der Waals surface area contributed by atoms with E-state index in [1.165, 1.54) is 12.1 Å². The minimum absolute atomic E-state index is 0.158. The zero-order chi connectivity index (χ0) is 17.4. The van der Waals surface area contributed by atoms with Crippen LogP contribution in [0.15, 0.2) is 48.5 Å². The van der Waals surface area contributed by atoms with E-state index in [0.29, 0.717) is 10.7 Å². The van der Waals surface area contributed by atoms with Crippen molar-refractivity contribution in [3.8, 4) is 0 Å². The Morgan fingerprint density at radius 1 is 1.20 bits per heavy atom. The lowest BCUT2D eigenvalue weighted by Crippen LogP contribution is -2.19. The number of carbonyl (C=O) groups excluding carboxylic acids is 1. The van der Waals surface area contributed by atoms with E-state index >= 15 is 0 Å². The topological polar surface area (TPSA) is 48.1 Å². The highest BCUT2D eigenvalue weighted by atomic mass is 35.5. The number of anilines is 2. The highest BCUT2D eigenvalue weighted by Crippen LogP contribution is 2.25. The van der Waals surface area contributed by atoms with E-state index in [0.717, 1.165) is 35.6 Å². The van der Waals surface area contributed by atoms with Crippen LogP contribution in [0.3, 0.4) is 0 Å². The van der Waals surface area contributed by atoms with Crippen molar-refractivity contribution in [1.82, 2.24) is 4.98 Å². The SMILES string of the molecule is CC1CCN(c2ccc(NC(=O)c3cc4cc(Cl)ccc4[nH]3)cc2)C1. The maximum atomic E-state index is 12.5. The van der Waals surface area contributed by atoms with E-state index in [9.17, 15) is 4.79 Å². The number of fused-ring (bicyclic) bond motifs is 1. The Kier molecular flexibility index (Phi) is 4.14. The zero-order valence-electron chi connectivity index (χ0n) is 14.1. The van der Waals surface area contributed by atoms with E-state index in [1.807, 2.05) is 30.3 Å². The normalized spacial score (nSPS) is 17.2. The number of benzene rings is 2. The maximum Gasteiger partial charge on any atom is 0.272 e. The van der Waals surface area contributed by atoms with Crippen molar-refractivity contribution in [3.63, 3.8) is 0 Å². The van der Waals surface area contributed by atoms with E-state index in [4.69, 9.17) is 11.6 Å². The molecule has 0 aliphatic carbocycles. The highest BCUT2D eigenvalue weighted by molar-refractivity contribution is 6.31. The summed E-state index contributed by atoms with van der Waals surface area (Å²) in [4.78, 5) is 18.0. The molecule has 0 radical (unpaired) electrons. The van der Waals surface area contributed by atoms with Gasteiger partial charge in [-0.2, -0.15) is 0 Å². The standard InChI is InChI=1S/C20H20ClN3O/c1-13-8-9-24(12-13)17-5-3-16(4-6-17)22-20(25)19-11-14-10-15(21)2-7-18(14)23-19/h2-7,10-11,13,23H,8-9,12H2,1H3,(H,22,25). The second-order valence-corrected chi connectivity index (χ2v) is 7.19. The third-order valence-electron chi connectivity index (χ3n) is 4.74. The summed E-state index contributed by atoms with van der Waals surface area (Å²) >= 11 is 6.00. The summed E-state index contributed by atoms with van der Waals surface area (Å²) in [6.07, 6.45) is 1.24. The van der Waals surface area contributed by atoms with Gasteiger partial charge in [0.15, 0.2) is 0 Å². The van der Waals surface area contributed by atoms with Gasteiger partial charge in [0.05, 0.1) is 0 Å². The molecule has 1 saturated heterocycles. The van der Waals surface area contributed by atoms with Gasteiger partial charge in [-0.15, -0.1) is 0 Å². The van der Waals surface area contributed by atoms with Gasteiger partial charge in [-0.05, 0) is 60.9 Å². The average Bonchev–Trinajstić information content (AvgIpc) is 3.21. The van der Waals surface area contributed by atoms with Crippen LogP contribution in [0.5, 0.6) is 0 Å². The van der Waals surface area contributed by atoms with Gasteiger partial charge in [0, 0.05) is 40.4 Å². The largest absolute Gasteiger partial charge is 0.371 e.